The largest absolute Gasteiger partial charge is 0.508 e. The summed E-state index contributed by atoms with van der Waals surface area (Å²) in [5.74, 6) is 1.05. The Morgan fingerprint density at radius 1 is 1.04 bits per heavy atom. The standard InChI is InChI=1S/C21H32O3/c1-19(2)9-5-10-20(3)17(19)8-11-21(4,24)18(20)13-14-12-15(22)6-7-16(14)23/h6-7,12,17-18,22-24H,5,8-11,13H2,1-4H3. The molecule has 0 heterocycles. The number of hydrogen-bond acceptors (Lipinski definition) is 3. The number of fused-ring (bicyclic) bond motifs is 1. The SMILES string of the molecule is CC1(C)CCCC2(C)C1CCC(C)(O)C2Cc1cc(O)ccc1O. The molecule has 3 nitrogen and oxygen atoms in total. The molecule has 0 saturated heterocycles. The second-order valence-electron chi connectivity index (χ2n) is 9.37. The zero-order valence-corrected chi connectivity index (χ0v) is 15.5. The Kier molecular flexibility index (Phi) is 4.15. The van der Waals surface area contributed by atoms with Gasteiger partial charge in [0.1, 0.15) is 11.5 Å². The van der Waals surface area contributed by atoms with Crippen LogP contribution >= 0.6 is 0 Å². The molecule has 0 amide bonds. The highest BCUT2D eigenvalue weighted by atomic mass is 16.3. The number of aliphatic hydroxyl groups is 1. The summed E-state index contributed by atoms with van der Waals surface area (Å²) in [7, 11) is 0. The van der Waals surface area contributed by atoms with Gasteiger partial charge in [0.25, 0.3) is 0 Å². The molecule has 4 atom stereocenters. The molecule has 24 heavy (non-hydrogen) atoms. The smallest absolute Gasteiger partial charge is 0.119 e. The second kappa shape index (κ2) is 5.66. The van der Waals surface area contributed by atoms with Crippen LogP contribution in [0.3, 0.4) is 0 Å². The Morgan fingerprint density at radius 2 is 1.75 bits per heavy atom. The first-order valence-corrected chi connectivity index (χ1v) is 9.29. The molecule has 134 valence electrons. The van der Waals surface area contributed by atoms with E-state index in [2.05, 4.69) is 20.8 Å². The van der Waals surface area contributed by atoms with Gasteiger partial charge < -0.3 is 15.3 Å². The average molecular weight is 332 g/mol. The number of rotatable bonds is 2. The number of phenols is 2. The molecule has 1 aromatic rings. The van der Waals surface area contributed by atoms with E-state index in [1.807, 2.05) is 6.92 Å². The highest BCUT2D eigenvalue weighted by molar-refractivity contribution is 5.39. The van der Waals surface area contributed by atoms with Crippen LogP contribution < -0.4 is 0 Å². The number of hydrogen-bond donors (Lipinski definition) is 3. The molecule has 0 aromatic heterocycles. The topological polar surface area (TPSA) is 60.7 Å². The molecule has 4 unspecified atom stereocenters. The van der Waals surface area contributed by atoms with Crippen LogP contribution in [0.4, 0.5) is 0 Å². The molecule has 2 saturated carbocycles. The monoisotopic (exact) mass is 332 g/mol. The van der Waals surface area contributed by atoms with Gasteiger partial charge in [-0.2, -0.15) is 0 Å². The fourth-order valence-electron chi connectivity index (χ4n) is 6.03. The van der Waals surface area contributed by atoms with E-state index in [1.165, 1.54) is 18.9 Å². The van der Waals surface area contributed by atoms with Crippen LogP contribution in [0.5, 0.6) is 11.5 Å². The summed E-state index contributed by atoms with van der Waals surface area (Å²) in [6, 6.07) is 4.70. The van der Waals surface area contributed by atoms with Gasteiger partial charge >= 0.3 is 0 Å². The molecule has 2 aliphatic rings. The van der Waals surface area contributed by atoms with Gasteiger partial charge in [-0.3, -0.25) is 0 Å². The lowest BCUT2D eigenvalue weighted by atomic mass is 9.45. The summed E-state index contributed by atoms with van der Waals surface area (Å²) in [6.07, 6.45) is 6.05. The van der Waals surface area contributed by atoms with Gasteiger partial charge in [-0.15, -0.1) is 0 Å². The number of benzene rings is 1. The Hall–Kier alpha value is -1.22. The van der Waals surface area contributed by atoms with E-state index in [0.29, 0.717) is 17.8 Å². The summed E-state index contributed by atoms with van der Waals surface area (Å²) < 4.78 is 0. The van der Waals surface area contributed by atoms with E-state index in [4.69, 9.17) is 0 Å². The molecule has 0 bridgehead atoms. The Balaban J connectivity index is 2.00. The quantitative estimate of drug-likeness (QED) is 0.692. The van der Waals surface area contributed by atoms with Crippen molar-refractivity contribution >= 4 is 0 Å². The lowest BCUT2D eigenvalue weighted by Gasteiger charge is -2.61. The van der Waals surface area contributed by atoms with Crippen molar-refractivity contribution in [2.45, 2.75) is 71.8 Å². The summed E-state index contributed by atoms with van der Waals surface area (Å²) in [5, 5.41) is 31.2. The minimum atomic E-state index is -0.740. The first-order valence-electron chi connectivity index (χ1n) is 9.29. The third-order valence-corrected chi connectivity index (χ3v) is 7.25. The van der Waals surface area contributed by atoms with E-state index in [0.717, 1.165) is 24.8 Å². The average Bonchev–Trinajstić information content (AvgIpc) is 2.45. The highest BCUT2D eigenvalue weighted by Gasteiger charge is 2.57. The normalized spacial score (nSPS) is 38.5. The predicted molar refractivity (Wildman–Crippen MR) is 96.1 cm³/mol. The number of phenolic OH excluding ortho intramolecular Hbond substituents is 2. The van der Waals surface area contributed by atoms with Crippen molar-refractivity contribution in [3.63, 3.8) is 0 Å². The summed E-state index contributed by atoms with van der Waals surface area (Å²) >= 11 is 0. The predicted octanol–water partition coefficient (Wildman–Crippen LogP) is 4.63. The van der Waals surface area contributed by atoms with Crippen LogP contribution in [0.1, 0.15) is 65.4 Å². The van der Waals surface area contributed by atoms with Crippen molar-refractivity contribution in [1.29, 1.82) is 0 Å². The number of aromatic hydroxyl groups is 2. The van der Waals surface area contributed by atoms with E-state index in [-0.39, 0.29) is 22.8 Å². The van der Waals surface area contributed by atoms with Gasteiger partial charge in [-0.1, -0.05) is 27.2 Å². The molecule has 2 aliphatic carbocycles. The van der Waals surface area contributed by atoms with Crippen molar-refractivity contribution in [3.05, 3.63) is 23.8 Å². The fourth-order valence-corrected chi connectivity index (χ4v) is 6.03. The van der Waals surface area contributed by atoms with Gasteiger partial charge in [0, 0.05) is 0 Å². The van der Waals surface area contributed by atoms with Crippen molar-refractivity contribution in [1.82, 2.24) is 0 Å². The van der Waals surface area contributed by atoms with E-state index >= 15 is 0 Å². The maximum Gasteiger partial charge on any atom is 0.119 e. The fraction of sp³-hybridized carbons (Fsp3) is 0.714. The van der Waals surface area contributed by atoms with Crippen molar-refractivity contribution in [2.24, 2.45) is 22.7 Å². The minimum absolute atomic E-state index is 0.0569. The highest BCUT2D eigenvalue weighted by Crippen LogP contribution is 2.62. The molecule has 3 heteroatoms. The molecule has 2 fully saturated rings. The molecule has 3 rings (SSSR count). The Morgan fingerprint density at radius 3 is 2.46 bits per heavy atom. The van der Waals surface area contributed by atoms with Crippen LogP contribution in [-0.4, -0.2) is 20.9 Å². The van der Waals surface area contributed by atoms with E-state index in [1.54, 1.807) is 12.1 Å². The molecule has 0 radical (unpaired) electrons. The molecular weight excluding hydrogens is 300 g/mol. The third-order valence-electron chi connectivity index (χ3n) is 7.25. The van der Waals surface area contributed by atoms with Gasteiger partial charge in [-0.25, -0.2) is 0 Å². The van der Waals surface area contributed by atoms with Crippen molar-refractivity contribution in [2.75, 3.05) is 0 Å². The van der Waals surface area contributed by atoms with Crippen LogP contribution in [-0.2, 0) is 6.42 Å². The van der Waals surface area contributed by atoms with Gasteiger partial charge in [0.05, 0.1) is 5.60 Å². The second-order valence-corrected chi connectivity index (χ2v) is 9.37. The first kappa shape index (κ1) is 17.6. The van der Waals surface area contributed by atoms with Gasteiger partial charge in [0.15, 0.2) is 0 Å². The lowest BCUT2D eigenvalue weighted by Crippen LogP contribution is -2.58. The van der Waals surface area contributed by atoms with Crippen LogP contribution in [0.25, 0.3) is 0 Å². The van der Waals surface area contributed by atoms with Crippen LogP contribution in [0, 0.1) is 22.7 Å². The molecule has 0 aliphatic heterocycles. The summed E-state index contributed by atoms with van der Waals surface area (Å²) in [6.45, 7) is 9.05. The minimum Gasteiger partial charge on any atom is -0.508 e. The maximum absolute atomic E-state index is 11.2. The molecule has 0 spiro atoms. The third kappa shape index (κ3) is 2.81. The molecule has 1 aromatic carbocycles. The Labute approximate surface area is 145 Å². The first-order chi connectivity index (χ1) is 11.1. The van der Waals surface area contributed by atoms with Crippen molar-refractivity contribution < 1.29 is 15.3 Å². The van der Waals surface area contributed by atoms with E-state index < -0.39 is 5.60 Å². The lowest BCUT2D eigenvalue weighted by molar-refractivity contribution is -0.166. The van der Waals surface area contributed by atoms with E-state index in [9.17, 15) is 15.3 Å². The molecule has 3 N–H and O–H groups in total. The molecular formula is C21H32O3. The van der Waals surface area contributed by atoms with Gasteiger partial charge in [0.2, 0.25) is 0 Å². The zero-order valence-electron chi connectivity index (χ0n) is 15.5. The van der Waals surface area contributed by atoms with Crippen molar-refractivity contribution in [3.8, 4) is 11.5 Å². The zero-order chi connectivity index (χ0) is 17.8. The summed E-state index contributed by atoms with van der Waals surface area (Å²) in [5.41, 5.74) is 0.353. The Bertz CT molecular complexity index is 620. The summed E-state index contributed by atoms with van der Waals surface area (Å²) in [4.78, 5) is 0. The van der Waals surface area contributed by atoms with Crippen LogP contribution in [0.2, 0.25) is 0 Å². The van der Waals surface area contributed by atoms with Gasteiger partial charge in [-0.05, 0) is 85.5 Å². The maximum atomic E-state index is 11.2. The van der Waals surface area contributed by atoms with Crippen LogP contribution in [0.15, 0.2) is 18.2 Å².